The molecule has 3 aromatic heterocycles. The molecule has 6 fully saturated rings. The van der Waals surface area contributed by atoms with Crippen LogP contribution < -0.4 is 10.2 Å². The lowest BCUT2D eigenvalue weighted by Crippen LogP contribution is -2.45. The van der Waals surface area contributed by atoms with Gasteiger partial charge in [-0.3, -0.25) is 4.79 Å². The summed E-state index contributed by atoms with van der Waals surface area (Å²) in [7, 11) is 0. The van der Waals surface area contributed by atoms with Gasteiger partial charge in [-0.1, -0.05) is 46.7 Å². The van der Waals surface area contributed by atoms with Crippen LogP contribution in [0.3, 0.4) is 0 Å². The van der Waals surface area contributed by atoms with Crippen LogP contribution in [0.2, 0.25) is 10.0 Å². The van der Waals surface area contributed by atoms with Crippen molar-refractivity contribution in [3.8, 4) is 23.3 Å². The summed E-state index contributed by atoms with van der Waals surface area (Å²) < 4.78 is 19.8. The molecule has 0 radical (unpaired) electrons. The van der Waals surface area contributed by atoms with Crippen LogP contribution in [-0.2, 0) is 11.2 Å². The first-order valence-electron chi connectivity index (χ1n) is 18.8. The third-order valence-corrected chi connectivity index (χ3v) is 14.6. The molecule has 6 unspecified atom stereocenters. The minimum atomic E-state index is -0.480. The highest BCUT2D eigenvalue weighted by molar-refractivity contribution is 7.16. The van der Waals surface area contributed by atoms with Crippen LogP contribution in [0.4, 0.5) is 9.52 Å². The molecule has 13 heteroatoms. The molecule has 274 valence electrons. The number of likely N-dealkylation sites (tertiary alicyclic amines) is 1. The average molecular weight is 780 g/mol. The summed E-state index contributed by atoms with van der Waals surface area (Å²) >= 11 is 14.6. The van der Waals surface area contributed by atoms with Gasteiger partial charge in [0.2, 0.25) is 5.91 Å². The SMILES string of the molecule is Cc1nc(N2CC3CC(C2)N(C(=O)C2CC2)C3c2cc3c(C)nc4c(F)c(-c5cccc(Cl)c5Cl)c(CCC#N)cc4c3n2C2C3CNC2C3)sc1C#N. The summed E-state index contributed by atoms with van der Waals surface area (Å²) in [5.74, 6) is 0.333. The normalized spacial score (nSPS) is 25.7. The molecule has 6 atom stereocenters. The van der Waals surface area contributed by atoms with E-state index in [1.807, 2.05) is 19.9 Å². The van der Waals surface area contributed by atoms with E-state index in [9.17, 15) is 15.3 Å². The lowest BCUT2D eigenvalue weighted by atomic mass is 9.79. The Hall–Kier alpha value is -4.26. The number of carbonyl (C=O) groups is 1. The van der Waals surface area contributed by atoms with Crippen LogP contribution >= 0.6 is 34.5 Å². The molecule has 2 aromatic carbocycles. The van der Waals surface area contributed by atoms with E-state index >= 15 is 4.39 Å². The van der Waals surface area contributed by atoms with Crippen LogP contribution in [0.1, 0.15) is 71.7 Å². The summed E-state index contributed by atoms with van der Waals surface area (Å²) in [6.45, 7) is 6.13. The molecule has 2 saturated carbocycles. The molecular weight excluding hydrogens is 742 g/mol. The molecule has 4 saturated heterocycles. The Morgan fingerprint density at radius 2 is 1.91 bits per heavy atom. The van der Waals surface area contributed by atoms with E-state index in [2.05, 4.69) is 37.9 Å². The Bertz CT molecular complexity index is 2500. The Morgan fingerprint density at radius 3 is 2.61 bits per heavy atom. The highest BCUT2D eigenvalue weighted by Gasteiger charge is 2.55. The molecule has 0 spiro atoms. The van der Waals surface area contributed by atoms with Gasteiger partial charge in [-0.05, 0) is 75.6 Å². The molecule has 1 amide bonds. The quantitative estimate of drug-likeness (QED) is 0.177. The van der Waals surface area contributed by atoms with Crippen LogP contribution in [-0.4, -0.2) is 57.1 Å². The second kappa shape index (κ2) is 12.6. The number of thiazole rings is 1. The van der Waals surface area contributed by atoms with Crippen molar-refractivity contribution in [2.24, 2.45) is 17.8 Å². The molecule has 6 aliphatic rings. The van der Waals surface area contributed by atoms with E-state index in [1.165, 1.54) is 11.3 Å². The smallest absolute Gasteiger partial charge is 0.226 e. The lowest BCUT2D eigenvalue weighted by Gasteiger charge is -2.40. The molecule has 54 heavy (non-hydrogen) atoms. The predicted octanol–water partition coefficient (Wildman–Crippen LogP) is 8.42. The molecule has 2 aliphatic carbocycles. The fourth-order valence-electron chi connectivity index (χ4n) is 10.1. The predicted molar refractivity (Wildman–Crippen MR) is 208 cm³/mol. The summed E-state index contributed by atoms with van der Waals surface area (Å²) in [4.78, 5) is 29.3. The second-order valence-electron chi connectivity index (χ2n) is 15.8. The van der Waals surface area contributed by atoms with Crippen molar-refractivity contribution < 1.29 is 9.18 Å². The van der Waals surface area contributed by atoms with Gasteiger partial charge in [-0.25, -0.2) is 14.4 Å². The monoisotopic (exact) mass is 778 g/mol. The first-order valence-corrected chi connectivity index (χ1v) is 20.4. The van der Waals surface area contributed by atoms with Gasteiger partial charge >= 0.3 is 0 Å². The number of nitriles is 2. The second-order valence-corrected chi connectivity index (χ2v) is 17.6. The number of rotatable bonds is 7. The van der Waals surface area contributed by atoms with Crippen molar-refractivity contribution in [1.82, 2.24) is 24.8 Å². The number of nitrogens with one attached hydrogen (secondary N) is 1. The maximum atomic E-state index is 17.3. The zero-order chi connectivity index (χ0) is 37.2. The van der Waals surface area contributed by atoms with Crippen LogP contribution in [0.5, 0.6) is 0 Å². The van der Waals surface area contributed by atoms with Gasteiger partial charge in [0.25, 0.3) is 0 Å². The molecule has 1 N–H and O–H groups in total. The number of aromatic nitrogens is 3. The number of hydrogen-bond donors (Lipinski definition) is 1. The topological polar surface area (TPSA) is 114 Å². The van der Waals surface area contributed by atoms with Gasteiger partial charge < -0.3 is 19.7 Å². The number of pyridine rings is 1. The number of carbonyl (C=O) groups excluding carboxylic acids is 1. The number of hydrogen-bond acceptors (Lipinski definition) is 8. The zero-order valence-corrected chi connectivity index (χ0v) is 32.2. The van der Waals surface area contributed by atoms with Crippen LogP contribution in [0.25, 0.3) is 32.9 Å². The fourth-order valence-corrected chi connectivity index (χ4v) is 11.4. The maximum Gasteiger partial charge on any atom is 0.226 e. The largest absolute Gasteiger partial charge is 0.346 e. The van der Waals surface area contributed by atoms with Crippen molar-refractivity contribution in [2.75, 3.05) is 24.5 Å². The van der Waals surface area contributed by atoms with E-state index in [0.29, 0.717) is 56.6 Å². The average Bonchev–Trinajstić information content (AvgIpc) is 3.45. The molecule has 9 nitrogen and oxygen atoms in total. The first-order chi connectivity index (χ1) is 26.2. The summed E-state index contributed by atoms with van der Waals surface area (Å²) in [5.41, 5.74) is 5.20. The molecule has 7 heterocycles. The first kappa shape index (κ1) is 34.2. The number of fused-ring (bicyclic) bond motifs is 6. The number of anilines is 1. The Labute approximate surface area is 326 Å². The number of piperidine rings is 1. The molecule has 4 bridgehead atoms. The minimum absolute atomic E-state index is 0.00953. The Kier molecular flexibility index (Phi) is 8.02. The number of nitrogens with zero attached hydrogens (tertiary/aromatic N) is 7. The van der Waals surface area contributed by atoms with Crippen molar-refractivity contribution in [2.45, 2.75) is 76.5 Å². The maximum absolute atomic E-state index is 17.3. The summed E-state index contributed by atoms with van der Waals surface area (Å²) in [6, 6.07) is 14.2. The minimum Gasteiger partial charge on any atom is -0.346 e. The van der Waals surface area contributed by atoms with Gasteiger partial charge in [-0.15, -0.1) is 0 Å². The van der Waals surface area contributed by atoms with E-state index in [1.54, 1.807) is 18.2 Å². The van der Waals surface area contributed by atoms with Gasteiger partial charge in [0, 0.05) is 77.2 Å². The highest BCUT2D eigenvalue weighted by Crippen LogP contribution is 2.54. The highest BCUT2D eigenvalue weighted by atomic mass is 35.5. The van der Waals surface area contributed by atoms with E-state index < -0.39 is 5.82 Å². The Morgan fingerprint density at radius 1 is 1.07 bits per heavy atom. The van der Waals surface area contributed by atoms with Crippen LogP contribution in [0, 0.1) is 60.1 Å². The van der Waals surface area contributed by atoms with Gasteiger partial charge in [0.1, 0.15) is 16.5 Å². The van der Waals surface area contributed by atoms with E-state index in [4.69, 9.17) is 33.2 Å². The zero-order valence-electron chi connectivity index (χ0n) is 29.9. The fraction of sp³-hybridized carbons (Fsp3) is 0.439. The van der Waals surface area contributed by atoms with Crippen molar-refractivity contribution in [1.29, 1.82) is 10.5 Å². The third kappa shape index (κ3) is 5.05. The summed E-state index contributed by atoms with van der Waals surface area (Å²) in [6.07, 6.45) is 4.33. The van der Waals surface area contributed by atoms with Gasteiger partial charge in [0.05, 0.1) is 45.5 Å². The van der Waals surface area contributed by atoms with Crippen molar-refractivity contribution >= 4 is 67.4 Å². The number of aryl methyl sites for hydroxylation is 3. The van der Waals surface area contributed by atoms with Crippen molar-refractivity contribution in [3.63, 3.8) is 0 Å². The molecule has 4 aliphatic heterocycles. The van der Waals surface area contributed by atoms with Crippen LogP contribution in [0.15, 0.2) is 30.3 Å². The number of benzene rings is 2. The summed E-state index contributed by atoms with van der Waals surface area (Å²) in [5, 5.41) is 26.2. The number of amides is 1. The molecular formula is C41H37Cl2FN8OS. The molecule has 5 aromatic rings. The Balaban J connectivity index is 1.20. The van der Waals surface area contributed by atoms with Gasteiger partial charge in [-0.2, -0.15) is 10.5 Å². The third-order valence-electron chi connectivity index (χ3n) is 12.7. The van der Waals surface area contributed by atoms with Crippen molar-refractivity contribution in [3.05, 3.63) is 73.7 Å². The molecule has 11 rings (SSSR count). The van der Waals surface area contributed by atoms with E-state index in [0.717, 1.165) is 66.2 Å². The van der Waals surface area contributed by atoms with E-state index in [-0.39, 0.29) is 58.9 Å². The number of halogens is 3. The standard InChI is InChI=1S/C41H37Cl2FN8OS/c1-19-27-14-31(38-24-11-25(51(38)40(53)21-8-9-21)18-50(17-24)41-49-20(2)32(15-46)54-41)52(37-23-13-30(37)47-16-23)39(27)28-12-22(5-4-10-45)33(35(44)36(28)48-19)26-6-3-7-29(42)34(26)43/h3,6-7,12,14,21,23-25,30,37-38,47H,4-5,8-9,11,13,16-18H2,1-2H3. The lowest BCUT2D eigenvalue weighted by molar-refractivity contribution is -0.135. The van der Waals surface area contributed by atoms with Gasteiger partial charge in [0.15, 0.2) is 10.9 Å².